The molecule has 0 heterocycles. The summed E-state index contributed by atoms with van der Waals surface area (Å²) in [5.41, 5.74) is 3.87. The fraction of sp³-hybridized carbons (Fsp3) is 0.462. The van der Waals surface area contributed by atoms with E-state index in [2.05, 4.69) is 42.0 Å². The molecule has 1 aromatic carbocycles. The second kappa shape index (κ2) is 6.09. The molecular weight excluding hydrogens is 249 g/mol. The predicted octanol–water partition coefficient (Wildman–Crippen LogP) is 3.09. The summed E-state index contributed by atoms with van der Waals surface area (Å²) in [5, 5.41) is 7.73. The Morgan fingerprint density at radius 3 is 2.40 bits per heavy atom. The summed E-state index contributed by atoms with van der Waals surface area (Å²) in [7, 11) is 0. The van der Waals surface area contributed by atoms with E-state index in [4.69, 9.17) is 5.41 Å². The number of hydrogen-bond acceptors (Lipinski definition) is 1. The van der Waals surface area contributed by atoms with Crippen molar-refractivity contribution >= 4 is 20.6 Å². The van der Waals surface area contributed by atoms with Crippen molar-refractivity contribution in [1.82, 2.24) is 0 Å². The molecule has 1 nitrogen and oxygen atoms in total. The van der Waals surface area contributed by atoms with Crippen LogP contribution in [0, 0.1) is 5.41 Å². The third-order valence-corrected chi connectivity index (χ3v) is 3.00. The molecule has 0 saturated carbocycles. The maximum atomic E-state index is 7.73. The Labute approximate surface area is 101 Å². The van der Waals surface area contributed by atoms with Crippen LogP contribution >= 0.6 is 0 Å². The molecule has 0 aliphatic rings. The molecule has 0 bridgehead atoms. The molecule has 81 valence electrons. The zero-order valence-electron chi connectivity index (χ0n) is 9.47. The Hall–Kier alpha value is -0.591. The van der Waals surface area contributed by atoms with Gasteiger partial charge in [-0.3, -0.25) is 0 Å². The zero-order valence-corrected chi connectivity index (χ0v) is 11.2. The van der Waals surface area contributed by atoms with Gasteiger partial charge in [0.2, 0.25) is 0 Å². The van der Waals surface area contributed by atoms with Crippen LogP contribution in [0.25, 0.3) is 0 Å². The first-order valence-electron chi connectivity index (χ1n) is 5.57. The van der Waals surface area contributed by atoms with E-state index in [9.17, 15) is 0 Å². The van der Waals surface area contributed by atoms with Crippen LogP contribution in [0.5, 0.6) is 0 Å². The van der Waals surface area contributed by atoms with Gasteiger partial charge < -0.3 is 0 Å². The first-order chi connectivity index (χ1) is 7.20. The van der Waals surface area contributed by atoms with E-state index < -0.39 is 0 Å². The molecule has 0 aliphatic carbocycles. The van der Waals surface area contributed by atoms with Crippen LogP contribution in [0.15, 0.2) is 18.2 Å². The van der Waals surface area contributed by atoms with E-state index in [0.29, 0.717) is 4.61 Å². The normalized spacial score (nSPS) is 10.3. The van der Waals surface area contributed by atoms with Crippen LogP contribution in [0.1, 0.15) is 43.4 Å². The van der Waals surface area contributed by atoms with Gasteiger partial charge in [0, 0.05) is 0 Å². The summed E-state index contributed by atoms with van der Waals surface area (Å²) >= 11 is 2.81. The van der Waals surface area contributed by atoms with Crippen LogP contribution in [-0.4, -0.2) is 20.6 Å². The van der Waals surface area contributed by atoms with Gasteiger partial charge in [0.05, 0.1) is 0 Å². The Morgan fingerprint density at radius 1 is 1.20 bits per heavy atom. The van der Waals surface area contributed by atoms with Gasteiger partial charge in [0.25, 0.3) is 0 Å². The second-order valence-corrected chi connectivity index (χ2v) is 4.63. The quantitative estimate of drug-likeness (QED) is 0.626. The first kappa shape index (κ1) is 12.5. The standard InChI is InChI=1S/C13H18NSe/c1-3-6-10-8-5-9-12(13(14)15)11(10)7-4-2/h5,8-9,14H,3-4,6-7H2,1-2H3. The molecule has 1 radical (unpaired) electrons. The van der Waals surface area contributed by atoms with Gasteiger partial charge in [0.1, 0.15) is 0 Å². The number of aryl methyl sites for hydroxylation is 1. The number of nitrogens with one attached hydrogen (secondary N) is 1. The van der Waals surface area contributed by atoms with Crippen molar-refractivity contribution in [3.63, 3.8) is 0 Å². The van der Waals surface area contributed by atoms with Gasteiger partial charge in [-0.1, -0.05) is 0 Å². The fourth-order valence-corrected chi connectivity index (χ4v) is 2.30. The van der Waals surface area contributed by atoms with E-state index in [1.807, 2.05) is 6.07 Å². The Balaban J connectivity index is 3.15. The van der Waals surface area contributed by atoms with Crippen molar-refractivity contribution in [3.8, 4) is 0 Å². The van der Waals surface area contributed by atoms with Crippen molar-refractivity contribution in [2.24, 2.45) is 0 Å². The van der Waals surface area contributed by atoms with E-state index in [1.54, 1.807) is 0 Å². The molecule has 2 heteroatoms. The topological polar surface area (TPSA) is 23.9 Å². The van der Waals surface area contributed by atoms with Crippen molar-refractivity contribution < 1.29 is 0 Å². The molecule has 1 rings (SSSR count). The molecule has 0 unspecified atom stereocenters. The predicted molar refractivity (Wildman–Crippen MR) is 67.0 cm³/mol. The maximum absolute atomic E-state index is 7.73. The number of rotatable bonds is 5. The van der Waals surface area contributed by atoms with Crippen LogP contribution in [0.3, 0.4) is 0 Å². The molecule has 0 amide bonds. The number of benzene rings is 1. The van der Waals surface area contributed by atoms with Crippen LogP contribution in [0.4, 0.5) is 0 Å². The van der Waals surface area contributed by atoms with E-state index in [-0.39, 0.29) is 0 Å². The second-order valence-electron chi connectivity index (χ2n) is 3.77. The Kier molecular flexibility index (Phi) is 5.07. The third-order valence-electron chi connectivity index (χ3n) is 2.54. The molecule has 1 N–H and O–H groups in total. The van der Waals surface area contributed by atoms with E-state index >= 15 is 0 Å². The average molecular weight is 267 g/mol. The SMILES string of the molecule is CCCc1cccc(C(=N)[Se])c1CCC. The van der Waals surface area contributed by atoms with E-state index in [0.717, 1.165) is 24.8 Å². The van der Waals surface area contributed by atoms with Crippen LogP contribution in [0.2, 0.25) is 0 Å². The molecule has 15 heavy (non-hydrogen) atoms. The fourth-order valence-electron chi connectivity index (χ4n) is 1.90. The van der Waals surface area contributed by atoms with Crippen molar-refractivity contribution in [2.75, 3.05) is 0 Å². The van der Waals surface area contributed by atoms with Gasteiger partial charge in [0.15, 0.2) is 0 Å². The van der Waals surface area contributed by atoms with E-state index in [1.165, 1.54) is 17.5 Å². The molecule has 0 aliphatic heterocycles. The molecule has 0 atom stereocenters. The molecular formula is C13H18NSe. The van der Waals surface area contributed by atoms with Gasteiger partial charge in [-0.25, -0.2) is 0 Å². The van der Waals surface area contributed by atoms with Crippen molar-refractivity contribution in [3.05, 3.63) is 34.9 Å². The molecule has 0 aromatic heterocycles. The van der Waals surface area contributed by atoms with Gasteiger partial charge in [-0.05, 0) is 0 Å². The average Bonchev–Trinajstić information content (AvgIpc) is 2.21. The summed E-state index contributed by atoms with van der Waals surface area (Å²) in [6.07, 6.45) is 4.51. The monoisotopic (exact) mass is 268 g/mol. The van der Waals surface area contributed by atoms with Crippen LogP contribution in [-0.2, 0) is 12.8 Å². The molecule has 1 aromatic rings. The van der Waals surface area contributed by atoms with Gasteiger partial charge >= 0.3 is 100 Å². The molecule has 0 spiro atoms. The summed E-state index contributed by atoms with van der Waals surface area (Å²) in [6, 6.07) is 6.30. The number of hydrogen-bond donors (Lipinski definition) is 1. The summed E-state index contributed by atoms with van der Waals surface area (Å²) in [4.78, 5) is 0. The summed E-state index contributed by atoms with van der Waals surface area (Å²) in [6.45, 7) is 4.39. The van der Waals surface area contributed by atoms with Gasteiger partial charge in [-0.15, -0.1) is 0 Å². The van der Waals surface area contributed by atoms with Crippen molar-refractivity contribution in [1.29, 1.82) is 5.41 Å². The zero-order chi connectivity index (χ0) is 11.3. The van der Waals surface area contributed by atoms with Crippen molar-refractivity contribution in [2.45, 2.75) is 39.5 Å². The van der Waals surface area contributed by atoms with Crippen LogP contribution < -0.4 is 0 Å². The Bertz CT molecular complexity index is 344. The first-order valence-corrected chi connectivity index (χ1v) is 6.43. The van der Waals surface area contributed by atoms with Gasteiger partial charge in [-0.2, -0.15) is 0 Å². The molecule has 0 fully saturated rings. The minimum atomic E-state index is 0.566. The summed E-state index contributed by atoms with van der Waals surface area (Å²) < 4.78 is 0.566. The molecule has 0 saturated heterocycles. The Morgan fingerprint density at radius 2 is 1.87 bits per heavy atom. The minimum absolute atomic E-state index is 0.566. The summed E-state index contributed by atoms with van der Waals surface area (Å²) in [5.74, 6) is 0. The third kappa shape index (κ3) is 3.19.